The van der Waals surface area contributed by atoms with E-state index in [2.05, 4.69) is 26.8 Å². The van der Waals surface area contributed by atoms with Gasteiger partial charge in [-0.25, -0.2) is 0 Å². The first-order valence-electron chi connectivity index (χ1n) is 5.95. The molecular weight excluding hydrogens is 184 g/mol. The number of allylic oxidation sites excluding steroid dienone is 1. The van der Waals surface area contributed by atoms with Crippen LogP contribution in [0.15, 0.2) is 22.3 Å². The van der Waals surface area contributed by atoms with E-state index in [1.165, 1.54) is 43.2 Å². The Kier molecular flexibility index (Phi) is 5.23. The van der Waals surface area contributed by atoms with E-state index in [1.54, 1.807) is 6.26 Å². The molecule has 0 atom stereocenters. The average Bonchev–Trinajstić information content (AvgIpc) is 2.59. The van der Waals surface area contributed by atoms with Crippen LogP contribution in [0.2, 0.25) is 0 Å². The number of rotatable bonds is 6. The maximum Gasteiger partial charge on any atom is 0.129 e. The van der Waals surface area contributed by atoms with E-state index in [-0.39, 0.29) is 0 Å². The van der Waals surface area contributed by atoms with Crippen LogP contribution in [0.4, 0.5) is 0 Å². The molecule has 84 valence electrons. The van der Waals surface area contributed by atoms with Gasteiger partial charge in [-0.1, -0.05) is 31.8 Å². The van der Waals surface area contributed by atoms with Crippen LogP contribution in [0.5, 0.6) is 0 Å². The number of unbranched alkanes of at least 4 members (excludes halogenated alkanes) is 3. The monoisotopic (exact) mass is 206 g/mol. The number of hydrogen-bond donors (Lipinski definition) is 0. The zero-order valence-corrected chi connectivity index (χ0v) is 10.2. The quantitative estimate of drug-likeness (QED) is 0.599. The third-order valence-corrected chi connectivity index (χ3v) is 2.70. The topological polar surface area (TPSA) is 13.1 Å². The molecule has 0 bridgehead atoms. The Hall–Kier alpha value is -0.980. The lowest BCUT2D eigenvalue weighted by Crippen LogP contribution is -1.81. The lowest BCUT2D eigenvalue weighted by atomic mass is 10.1. The summed E-state index contributed by atoms with van der Waals surface area (Å²) in [4.78, 5) is 0. The summed E-state index contributed by atoms with van der Waals surface area (Å²) in [6.07, 6.45) is 10.4. The molecule has 1 nitrogen and oxygen atoms in total. The third-order valence-electron chi connectivity index (χ3n) is 2.70. The Morgan fingerprint density at radius 3 is 2.73 bits per heavy atom. The molecule has 0 amide bonds. The third kappa shape index (κ3) is 4.37. The van der Waals surface area contributed by atoms with Gasteiger partial charge in [0.25, 0.3) is 0 Å². The molecule has 0 unspecified atom stereocenters. The zero-order valence-electron chi connectivity index (χ0n) is 10.2. The largest absolute Gasteiger partial charge is 0.465 e. The van der Waals surface area contributed by atoms with Gasteiger partial charge in [0.15, 0.2) is 0 Å². The van der Waals surface area contributed by atoms with Gasteiger partial charge in [-0.05, 0) is 44.4 Å². The summed E-state index contributed by atoms with van der Waals surface area (Å²) in [7, 11) is 0. The Morgan fingerprint density at radius 1 is 1.33 bits per heavy atom. The zero-order chi connectivity index (χ0) is 11.1. The number of hydrogen-bond acceptors (Lipinski definition) is 1. The van der Waals surface area contributed by atoms with Gasteiger partial charge in [0, 0.05) is 0 Å². The second-order valence-electron chi connectivity index (χ2n) is 4.27. The van der Waals surface area contributed by atoms with Crippen molar-refractivity contribution in [2.24, 2.45) is 0 Å². The van der Waals surface area contributed by atoms with Crippen molar-refractivity contribution in [3.63, 3.8) is 0 Å². The van der Waals surface area contributed by atoms with Crippen molar-refractivity contribution in [1.29, 1.82) is 0 Å². The molecule has 0 aliphatic carbocycles. The number of furan rings is 1. The lowest BCUT2D eigenvalue weighted by Gasteiger charge is -2.00. The predicted octanol–water partition coefficient (Wildman–Crippen LogP) is 4.96. The van der Waals surface area contributed by atoms with Crippen LogP contribution in [0.25, 0.3) is 6.08 Å². The predicted molar refractivity (Wildman–Crippen MR) is 65.9 cm³/mol. The molecule has 1 rings (SSSR count). The van der Waals surface area contributed by atoms with E-state index < -0.39 is 0 Å². The van der Waals surface area contributed by atoms with Gasteiger partial charge in [-0.3, -0.25) is 0 Å². The van der Waals surface area contributed by atoms with E-state index >= 15 is 0 Å². The van der Waals surface area contributed by atoms with E-state index in [1.807, 2.05) is 6.07 Å². The SMILES string of the molecule is CCCCCC/C(C)=C/c1occc1C. The van der Waals surface area contributed by atoms with E-state index in [4.69, 9.17) is 4.42 Å². The fourth-order valence-electron chi connectivity index (χ4n) is 1.66. The summed E-state index contributed by atoms with van der Waals surface area (Å²) in [6.45, 7) is 6.52. The molecule has 15 heavy (non-hydrogen) atoms. The maximum atomic E-state index is 5.39. The molecule has 1 heteroatoms. The van der Waals surface area contributed by atoms with E-state index in [0.29, 0.717) is 0 Å². The molecule has 0 spiro atoms. The number of aryl methyl sites for hydroxylation is 1. The lowest BCUT2D eigenvalue weighted by molar-refractivity contribution is 0.554. The first-order chi connectivity index (χ1) is 7.24. The normalized spacial score (nSPS) is 12.1. The van der Waals surface area contributed by atoms with Crippen molar-refractivity contribution in [3.8, 4) is 0 Å². The van der Waals surface area contributed by atoms with Gasteiger partial charge < -0.3 is 4.42 Å². The van der Waals surface area contributed by atoms with Gasteiger partial charge in [0.05, 0.1) is 6.26 Å². The Bertz CT molecular complexity index is 307. The molecule has 0 fully saturated rings. The van der Waals surface area contributed by atoms with Gasteiger partial charge in [0.1, 0.15) is 5.76 Å². The Morgan fingerprint density at radius 2 is 2.13 bits per heavy atom. The summed E-state index contributed by atoms with van der Waals surface area (Å²) in [5.41, 5.74) is 2.65. The first kappa shape index (κ1) is 12.1. The summed E-state index contributed by atoms with van der Waals surface area (Å²) in [5, 5.41) is 0. The molecule has 0 saturated carbocycles. The maximum absolute atomic E-state index is 5.39. The van der Waals surface area contributed by atoms with Crippen LogP contribution < -0.4 is 0 Å². The highest BCUT2D eigenvalue weighted by atomic mass is 16.3. The van der Waals surface area contributed by atoms with Crippen LogP contribution in [-0.4, -0.2) is 0 Å². The molecule has 0 radical (unpaired) electrons. The molecule has 0 N–H and O–H groups in total. The van der Waals surface area contributed by atoms with Crippen LogP contribution in [0.1, 0.15) is 57.3 Å². The highest BCUT2D eigenvalue weighted by Crippen LogP contribution is 2.16. The highest BCUT2D eigenvalue weighted by molar-refractivity contribution is 5.50. The summed E-state index contributed by atoms with van der Waals surface area (Å²) in [6, 6.07) is 2.01. The van der Waals surface area contributed by atoms with Crippen LogP contribution >= 0.6 is 0 Å². The van der Waals surface area contributed by atoms with Crippen molar-refractivity contribution in [2.45, 2.75) is 52.9 Å². The van der Waals surface area contributed by atoms with Gasteiger partial charge in [-0.15, -0.1) is 0 Å². The Balaban J connectivity index is 2.36. The van der Waals surface area contributed by atoms with Crippen LogP contribution in [-0.2, 0) is 0 Å². The molecule has 0 saturated heterocycles. The van der Waals surface area contributed by atoms with Crippen molar-refractivity contribution < 1.29 is 4.42 Å². The molecule has 0 aliphatic heterocycles. The fourth-order valence-corrected chi connectivity index (χ4v) is 1.66. The smallest absolute Gasteiger partial charge is 0.129 e. The molecule has 1 heterocycles. The fraction of sp³-hybridized carbons (Fsp3) is 0.571. The summed E-state index contributed by atoms with van der Waals surface area (Å²) in [5.74, 6) is 1.02. The van der Waals surface area contributed by atoms with Crippen molar-refractivity contribution in [1.82, 2.24) is 0 Å². The summed E-state index contributed by atoms with van der Waals surface area (Å²) >= 11 is 0. The summed E-state index contributed by atoms with van der Waals surface area (Å²) < 4.78 is 5.39. The van der Waals surface area contributed by atoms with Crippen molar-refractivity contribution in [2.75, 3.05) is 0 Å². The molecule has 1 aromatic rings. The van der Waals surface area contributed by atoms with Crippen molar-refractivity contribution >= 4 is 6.08 Å². The minimum atomic E-state index is 1.02. The molecule has 0 aliphatic rings. The van der Waals surface area contributed by atoms with Gasteiger partial charge in [-0.2, -0.15) is 0 Å². The highest BCUT2D eigenvalue weighted by Gasteiger charge is 1.98. The second-order valence-corrected chi connectivity index (χ2v) is 4.27. The minimum absolute atomic E-state index is 1.02. The minimum Gasteiger partial charge on any atom is -0.465 e. The Labute approximate surface area is 93.2 Å². The standard InChI is InChI=1S/C14H22O/c1-4-5-6-7-8-12(2)11-14-13(3)9-10-15-14/h9-11H,4-8H2,1-3H3/b12-11+. The first-order valence-corrected chi connectivity index (χ1v) is 5.95. The van der Waals surface area contributed by atoms with Gasteiger partial charge in [0.2, 0.25) is 0 Å². The van der Waals surface area contributed by atoms with Crippen molar-refractivity contribution in [3.05, 3.63) is 29.2 Å². The average molecular weight is 206 g/mol. The van der Waals surface area contributed by atoms with Crippen LogP contribution in [0.3, 0.4) is 0 Å². The van der Waals surface area contributed by atoms with E-state index in [9.17, 15) is 0 Å². The molecule has 0 aromatic carbocycles. The molecule has 1 aromatic heterocycles. The van der Waals surface area contributed by atoms with E-state index in [0.717, 1.165) is 5.76 Å². The van der Waals surface area contributed by atoms with Crippen LogP contribution in [0, 0.1) is 6.92 Å². The molecular formula is C14H22O. The van der Waals surface area contributed by atoms with Gasteiger partial charge >= 0.3 is 0 Å². The second kappa shape index (κ2) is 6.49.